The van der Waals surface area contributed by atoms with Gasteiger partial charge in [0.05, 0.1) is 22.6 Å². The minimum absolute atomic E-state index is 0.0473. The zero-order valence-corrected chi connectivity index (χ0v) is 11.7. The van der Waals surface area contributed by atoms with E-state index in [1.165, 1.54) is 25.4 Å². The zero-order chi connectivity index (χ0) is 14.9. The third kappa shape index (κ3) is 2.58. The molecule has 2 aromatic rings. The highest BCUT2D eigenvalue weighted by Gasteiger charge is 2.28. The molecule has 0 fully saturated rings. The van der Waals surface area contributed by atoms with E-state index in [9.17, 15) is 13.2 Å². The molecule has 2 heterocycles. The SMILES string of the molecule is Cc1[nH]nc(C(=O)O)c1S(=O)(=O)Nc1cnccc1Cl. The second-order valence-corrected chi connectivity index (χ2v) is 5.82. The van der Waals surface area contributed by atoms with Crippen molar-refractivity contribution in [2.45, 2.75) is 11.8 Å². The Balaban J connectivity index is 2.49. The van der Waals surface area contributed by atoms with Crippen molar-refractivity contribution in [3.63, 3.8) is 0 Å². The lowest BCUT2D eigenvalue weighted by Gasteiger charge is -2.08. The van der Waals surface area contributed by atoms with Crippen molar-refractivity contribution in [1.29, 1.82) is 0 Å². The maximum Gasteiger partial charge on any atom is 0.357 e. The van der Waals surface area contributed by atoms with Gasteiger partial charge >= 0.3 is 5.97 Å². The Morgan fingerprint density at radius 1 is 1.50 bits per heavy atom. The van der Waals surface area contributed by atoms with Gasteiger partial charge in [-0.2, -0.15) is 5.10 Å². The Morgan fingerprint density at radius 3 is 2.80 bits per heavy atom. The molecule has 0 aliphatic rings. The van der Waals surface area contributed by atoms with Gasteiger partial charge in [-0.1, -0.05) is 11.6 Å². The number of carboxylic acids is 1. The van der Waals surface area contributed by atoms with Crippen LogP contribution in [0.1, 0.15) is 16.2 Å². The second kappa shape index (κ2) is 5.10. The second-order valence-electron chi connectivity index (χ2n) is 3.79. The predicted octanol–water partition coefficient (Wildman–Crippen LogP) is 1.27. The number of H-pyrrole nitrogens is 1. The number of anilines is 1. The van der Waals surface area contributed by atoms with Crippen LogP contribution in [0.5, 0.6) is 0 Å². The normalized spacial score (nSPS) is 11.3. The van der Waals surface area contributed by atoms with Crippen LogP contribution in [-0.2, 0) is 10.0 Å². The average molecular weight is 317 g/mol. The van der Waals surface area contributed by atoms with E-state index in [-0.39, 0.29) is 16.4 Å². The molecule has 0 bridgehead atoms. The van der Waals surface area contributed by atoms with Gasteiger partial charge < -0.3 is 5.11 Å². The van der Waals surface area contributed by atoms with Crippen LogP contribution in [0.25, 0.3) is 0 Å². The van der Waals surface area contributed by atoms with E-state index >= 15 is 0 Å². The van der Waals surface area contributed by atoms with Crippen LogP contribution in [0.3, 0.4) is 0 Å². The molecule has 2 rings (SSSR count). The Labute approximate surface area is 118 Å². The summed E-state index contributed by atoms with van der Waals surface area (Å²) in [7, 11) is -4.15. The molecule has 0 amide bonds. The van der Waals surface area contributed by atoms with Gasteiger partial charge in [0.15, 0.2) is 5.69 Å². The first-order valence-electron chi connectivity index (χ1n) is 5.23. The molecule has 8 nitrogen and oxygen atoms in total. The van der Waals surface area contributed by atoms with Crippen molar-refractivity contribution in [2.24, 2.45) is 0 Å². The summed E-state index contributed by atoms with van der Waals surface area (Å²) >= 11 is 5.83. The highest BCUT2D eigenvalue weighted by Crippen LogP contribution is 2.25. The number of pyridine rings is 1. The fraction of sp³-hybridized carbons (Fsp3) is 0.100. The number of carbonyl (C=O) groups is 1. The number of aryl methyl sites for hydroxylation is 1. The summed E-state index contributed by atoms with van der Waals surface area (Å²) in [5.74, 6) is -1.45. The predicted molar refractivity (Wildman–Crippen MR) is 70.3 cm³/mol. The lowest BCUT2D eigenvalue weighted by molar-refractivity contribution is 0.0686. The first kappa shape index (κ1) is 14.3. The number of aromatic amines is 1. The van der Waals surface area contributed by atoms with Crippen LogP contribution >= 0.6 is 11.6 Å². The van der Waals surface area contributed by atoms with Crippen LogP contribution in [0.15, 0.2) is 23.4 Å². The van der Waals surface area contributed by atoms with Gasteiger partial charge in [-0.15, -0.1) is 0 Å². The van der Waals surface area contributed by atoms with E-state index in [4.69, 9.17) is 16.7 Å². The maximum absolute atomic E-state index is 12.2. The molecule has 0 saturated carbocycles. The van der Waals surface area contributed by atoms with Crippen molar-refractivity contribution >= 4 is 33.3 Å². The van der Waals surface area contributed by atoms with Crippen molar-refractivity contribution in [2.75, 3.05) is 4.72 Å². The number of rotatable bonds is 4. The number of nitrogens with zero attached hydrogens (tertiary/aromatic N) is 2. The summed E-state index contributed by atoms with van der Waals surface area (Å²) in [6, 6.07) is 1.40. The van der Waals surface area contributed by atoms with E-state index in [0.717, 1.165) is 0 Å². The summed E-state index contributed by atoms with van der Waals surface area (Å²) in [6.07, 6.45) is 2.61. The van der Waals surface area contributed by atoms with Crippen LogP contribution in [0.4, 0.5) is 5.69 Å². The molecule has 106 valence electrons. The Kier molecular flexibility index (Phi) is 3.64. The zero-order valence-electron chi connectivity index (χ0n) is 10.1. The standard InChI is InChI=1S/C10H9ClN4O4S/c1-5-9(8(10(16)17)14-13-5)20(18,19)15-7-4-12-3-2-6(7)11/h2-4,15H,1H3,(H,13,14)(H,16,17). The number of halogens is 1. The average Bonchev–Trinajstić information content (AvgIpc) is 2.75. The Bertz CT molecular complexity index is 771. The third-order valence-corrected chi connectivity index (χ3v) is 4.23. The largest absolute Gasteiger partial charge is 0.476 e. The fourth-order valence-electron chi connectivity index (χ4n) is 1.54. The summed E-state index contributed by atoms with van der Waals surface area (Å²) < 4.78 is 26.7. The number of aromatic nitrogens is 3. The molecule has 0 radical (unpaired) electrons. The highest BCUT2D eigenvalue weighted by atomic mass is 35.5. The van der Waals surface area contributed by atoms with Gasteiger partial charge in [0.25, 0.3) is 10.0 Å². The molecular formula is C10H9ClN4O4S. The van der Waals surface area contributed by atoms with Crippen LogP contribution in [0.2, 0.25) is 5.02 Å². The molecule has 0 saturated heterocycles. The molecule has 0 aliphatic carbocycles. The number of nitrogens with one attached hydrogen (secondary N) is 2. The molecule has 10 heteroatoms. The Morgan fingerprint density at radius 2 is 2.20 bits per heavy atom. The van der Waals surface area contributed by atoms with E-state index in [1.54, 1.807) is 0 Å². The van der Waals surface area contributed by atoms with Crippen molar-refractivity contribution in [3.8, 4) is 0 Å². The minimum Gasteiger partial charge on any atom is -0.476 e. The summed E-state index contributed by atoms with van der Waals surface area (Å²) in [4.78, 5) is 14.3. The first-order chi connectivity index (χ1) is 9.33. The lowest BCUT2D eigenvalue weighted by atomic mass is 10.4. The van der Waals surface area contributed by atoms with E-state index in [1.807, 2.05) is 0 Å². The smallest absolute Gasteiger partial charge is 0.357 e. The molecule has 0 spiro atoms. The molecule has 0 atom stereocenters. The molecule has 0 aromatic carbocycles. The molecule has 20 heavy (non-hydrogen) atoms. The number of aromatic carboxylic acids is 1. The lowest BCUT2D eigenvalue weighted by Crippen LogP contribution is -2.17. The van der Waals surface area contributed by atoms with E-state index in [0.29, 0.717) is 0 Å². The summed E-state index contributed by atoms with van der Waals surface area (Å²) in [5, 5.41) is 14.9. The van der Waals surface area contributed by atoms with E-state index < -0.39 is 26.6 Å². The van der Waals surface area contributed by atoms with E-state index in [2.05, 4.69) is 19.9 Å². The quantitative estimate of drug-likeness (QED) is 0.780. The van der Waals surface area contributed by atoms with Crippen molar-refractivity contribution < 1.29 is 18.3 Å². The maximum atomic E-state index is 12.2. The highest BCUT2D eigenvalue weighted by molar-refractivity contribution is 7.92. The molecular weight excluding hydrogens is 308 g/mol. The number of carboxylic acid groups (broad SMARTS) is 1. The summed E-state index contributed by atoms with van der Waals surface area (Å²) in [6.45, 7) is 1.40. The number of hydrogen-bond acceptors (Lipinski definition) is 5. The van der Waals surface area contributed by atoms with Crippen LogP contribution in [-0.4, -0.2) is 34.7 Å². The van der Waals surface area contributed by atoms with Crippen LogP contribution < -0.4 is 4.72 Å². The first-order valence-corrected chi connectivity index (χ1v) is 7.09. The van der Waals surface area contributed by atoms with Gasteiger partial charge in [0.1, 0.15) is 4.90 Å². The molecule has 0 unspecified atom stereocenters. The summed E-state index contributed by atoms with van der Waals surface area (Å²) in [5.41, 5.74) is -0.434. The number of sulfonamides is 1. The Hall–Kier alpha value is -2.13. The van der Waals surface area contributed by atoms with Crippen molar-refractivity contribution in [3.05, 3.63) is 34.9 Å². The fourth-order valence-corrected chi connectivity index (χ4v) is 3.14. The molecule has 3 N–H and O–H groups in total. The number of hydrogen-bond donors (Lipinski definition) is 3. The molecule has 0 aliphatic heterocycles. The van der Waals surface area contributed by atoms with Gasteiger partial charge in [-0.3, -0.25) is 14.8 Å². The monoisotopic (exact) mass is 316 g/mol. The van der Waals surface area contributed by atoms with Gasteiger partial charge in [-0.05, 0) is 13.0 Å². The van der Waals surface area contributed by atoms with Crippen molar-refractivity contribution in [1.82, 2.24) is 15.2 Å². The molecule has 2 aromatic heterocycles. The third-order valence-electron chi connectivity index (χ3n) is 2.37. The van der Waals surface area contributed by atoms with Gasteiger partial charge in [-0.25, -0.2) is 13.2 Å². The topological polar surface area (TPSA) is 125 Å². The minimum atomic E-state index is -4.15. The van der Waals surface area contributed by atoms with Gasteiger partial charge in [0, 0.05) is 6.20 Å². The van der Waals surface area contributed by atoms with Gasteiger partial charge in [0.2, 0.25) is 0 Å². The van der Waals surface area contributed by atoms with Crippen LogP contribution in [0, 0.1) is 6.92 Å².